The Morgan fingerprint density at radius 2 is 1.86 bits per heavy atom. The zero-order chi connectivity index (χ0) is 15.1. The molecule has 0 radical (unpaired) electrons. The third-order valence-electron chi connectivity index (χ3n) is 6.10. The summed E-state index contributed by atoms with van der Waals surface area (Å²) in [6.07, 6.45) is 10.4. The Kier molecular flexibility index (Phi) is 3.64. The molecule has 3 heteroatoms. The minimum Gasteiger partial charge on any atom is -0.372 e. The van der Waals surface area contributed by atoms with Gasteiger partial charge in [-0.05, 0) is 44.9 Å². The zero-order valence-electron chi connectivity index (χ0n) is 13.4. The highest BCUT2D eigenvalue weighted by Gasteiger charge is 2.52. The number of rotatable bonds is 2. The van der Waals surface area contributed by atoms with Crippen molar-refractivity contribution >= 4 is 5.78 Å². The van der Waals surface area contributed by atoms with Gasteiger partial charge in [-0.3, -0.25) is 4.79 Å². The smallest absolute Gasteiger partial charge is 0.158 e. The maximum Gasteiger partial charge on any atom is 0.158 e. The molecular formula is C18H27NO2. The van der Waals surface area contributed by atoms with Crippen LogP contribution in [0.1, 0.15) is 78.1 Å². The number of nitrogens with zero attached hydrogens (tertiary/aromatic N) is 1. The molecule has 2 saturated carbocycles. The first-order chi connectivity index (χ1) is 9.91. The van der Waals surface area contributed by atoms with Crippen LogP contribution < -0.4 is 0 Å². The molecule has 116 valence electrons. The highest BCUT2D eigenvalue weighted by Crippen LogP contribution is 2.50. The summed E-state index contributed by atoms with van der Waals surface area (Å²) in [6.45, 7) is 3.99. The van der Waals surface area contributed by atoms with E-state index in [1.807, 2.05) is 13.8 Å². The summed E-state index contributed by atoms with van der Waals surface area (Å²) >= 11 is 0. The maximum atomic E-state index is 12.8. The normalized spacial score (nSPS) is 37.8. The van der Waals surface area contributed by atoms with E-state index in [0.717, 1.165) is 32.1 Å². The zero-order valence-corrected chi connectivity index (χ0v) is 13.4. The van der Waals surface area contributed by atoms with Crippen LogP contribution in [-0.2, 0) is 9.53 Å². The minimum atomic E-state index is -0.795. The molecule has 2 unspecified atom stereocenters. The van der Waals surface area contributed by atoms with Gasteiger partial charge < -0.3 is 4.74 Å². The van der Waals surface area contributed by atoms with Crippen LogP contribution in [0, 0.1) is 22.2 Å². The molecule has 2 aliphatic carbocycles. The summed E-state index contributed by atoms with van der Waals surface area (Å²) < 4.78 is 6.35. The summed E-state index contributed by atoms with van der Waals surface area (Å²) in [5, 5.41) is 9.73. The Labute approximate surface area is 128 Å². The molecular weight excluding hydrogens is 262 g/mol. The maximum absolute atomic E-state index is 12.8. The summed E-state index contributed by atoms with van der Waals surface area (Å²) in [4.78, 5) is 12.8. The van der Waals surface area contributed by atoms with Gasteiger partial charge in [0.25, 0.3) is 0 Å². The van der Waals surface area contributed by atoms with Crippen molar-refractivity contribution in [2.75, 3.05) is 0 Å². The summed E-state index contributed by atoms with van der Waals surface area (Å²) in [7, 11) is 0. The van der Waals surface area contributed by atoms with E-state index < -0.39 is 5.41 Å². The number of carbonyl (C=O) groups excluding carboxylic acids is 1. The average molecular weight is 289 g/mol. The van der Waals surface area contributed by atoms with Crippen LogP contribution >= 0.6 is 0 Å². The Bertz CT molecular complexity index is 470. The van der Waals surface area contributed by atoms with Crippen LogP contribution in [0.25, 0.3) is 0 Å². The van der Waals surface area contributed by atoms with Crippen LogP contribution in [0.3, 0.4) is 0 Å². The van der Waals surface area contributed by atoms with Crippen LogP contribution in [0.15, 0.2) is 0 Å². The Morgan fingerprint density at radius 3 is 2.52 bits per heavy atom. The van der Waals surface area contributed by atoms with Crippen LogP contribution in [0.4, 0.5) is 0 Å². The molecule has 0 aromatic rings. The van der Waals surface area contributed by atoms with Gasteiger partial charge >= 0.3 is 0 Å². The van der Waals surface area contributed by atoms with E-state index in [2.05, 4.69) is 6.07 Å². The molecule has 0 aromatic heterocycles. The van der Waals surface area contributed by atoms with Gasteiger partial charge in [-0.2, -0.15) is 5.26 Å². The number of hydrogen-bond acceptors (Lipinski definition) is 3. The molecule has 3 nitrogen and oxygen atoms in total. The highest BCUT2D eigenvalue weighted by atomic mass is 16.5. The quantitative estimate of drug-likeness (QED) is 0.767. The fourth-order valence-electron chi connectivity index (χ4n) is 4.87. The molecule has 2 atom stereocenters. The van der Waals surface area contributed by atoms with E-state index in [1.54, 1.807) is 0 Å². The molecule has 1 aliphatic heterocycles. The van der Waals surface area contributed by atoms with Crippen molar-refractivity contribution in [1.29, 1.82) is 5.26 Å². The molecule has 3 fully saturated rings. The Hall–Kier alpha value is -0.880. The SMILES string of the molecule is CC1(C)CCCC(C#N)(CC2CCC3(CCCC3)O2)C1=O. The fraction of sp³-hybridized carbons (Fsp3) is 0.889. The molecule has 21 heavy (non-hydrogen) atoms. The van der Waals surface area contributed by atoms with Gasteiger partial charge in [0.05, 0.1) is 17.8 Å². The number of ketones is 1. The van der Waals surface area contributed by atoms with Crippen LogP contribution in [0.2, 0.25) is 0 Å². The fourth-order valence-corrected chi connectivity index (χ4v) is 4.87. The van der Waals surface area contributed by atoms with Gasteiger partial charge in [-0.25, -0.2) is 0 Å². The first kappa shape index (κ1) is 15.0. The van der Waals surface area contributed by atoms with Crippen molar-refractivity contribution in [2.24, 2.45) is 10.8 Å². The summed E-state index contributed by atoms with van der Waals surface area (Å²) in [5.74, 6) is 0.153. The molecule has 0 aromatic carbocycles. The molecule has 1 spiro atoms. The van der Waals surface area contributed by atoms with Gasteiger partial charge in [-0.15, -0.1) is 0 Å². The van der Waals surface area contributed by atoms with Crippen molar-refractivity contribution < 1.29 is 9.53 Å². The van der Waals surface area contributed by atoms with E-state index >= 15 is 0 Å². The van der Waals surface area contributed by atoms with Crippen LogP contribution in [-0.4, -0.2) is 17.5 Å². The monoisotopic (exact) mass is 289 g/mol. The topological polar surface area (TPSA) is 50.1 Å². The molecule has 1 heterocycles. The van der Waals surface area contributed by atoms with Gasteiger partial charge in [0, 0.05) is 5.41 Å². The molecule has 3 rings (SSSR count). The second-order valence-corrected chi connectivity index (χ2v) is 8.13. The number of ether oxygens (including phenoxy) is 1. The van der Waals surface area contributed by atoms with E-state index in [1.165, 1.54) is 25.7 Å². The number of carbonyl (C=O) groups is 1. The molecule has 0 N–H and O–H groups in total. The second-order valence-electron chi connectivity index (χ2n) is 8.13. The standard InChI is InChI=1S/C18H27NO2/c1-16(2)7-5-8-17(13-19,15(16)20)12-14-6-11-18(21-14)9-3-4-10-18/h14H,3-12H2,1-2H3. The third kappa shape index (κ3) is 2.52. The van der Waals surface area contributed by atoms with Gasteiger partial charge in [0.15, 0.2) is 5.78 Å². The van der Waals surface area contributed by atoms with Gasteiger partial charge in [0.1, 0.15) is 5.41 Å². The van der Waals surface area contributed by atoms with Crippen molar-refractivity contribution in [1.82, 2.24) is 0 Å². The molecule has 3 aliphatic rings. The van der Waals surface area contributed by atoms with E-state index in [9.17, 15) is 10.1 Å². The van der Waals surface area contributed by atoms with Crippen molar-refractivity contribution in [2.45, 2.75) is 89.8 Å². The highest BCUT2D eigenvalue weighted by molar-refractivity contribution is 5.92. The van der Waals surface area contributed by atoms with Gasteiger partial charge in [-0.1, -0.05) is 33.1 Å². The average Bonchev–Trinajstić information content (AvgIpc) is 3.06. The number of Topliss-reactive ketones (excluding diaryl/α,β-unsaturated/α-hetero) is 1. The van der Waals surface area contributed by atoms with Crippen molar-refractivity contribution in [3.63, 3.8) is 0 Å². The molecule has 0 bridgehead atoms. The van der Waals surface area contributed by atoms with E-state index in [4.69, 9.17) is 4.74 Å². The first-order valence-corrected chi connectivity index (χ1v) is 8.56. The predicted octanol–water partition coefficient (Wildman–Crippen LogP) is 4.16. The van der Waals surface area contributed by atoms with Gasteiger partial charge in [0.2, 0.25) is 0 Å². The lowest BCUT2D eigenvalue weighted by atomic mass is 9.61. The van der Waals surface area contributed by atoms with E-state index in [-0.39, 0.29) is 22.9 Å². The first-order valence-electron chi connectivity index (χ1n) is 8.56. The second kappa shape index (κ2) is 5.09. The Balaban J connectivity index is 1.73. The lowest BCUT2D eigenvalue weighted by molar-refractivity contribution is -0.141. The van der Waals surface area contributed by atoms with Crippen LogP contribution in [0.5, 0.6) is 0 Å². The molecule has 0 amide bonds. The Morgan fingerprint density at radius 1 is 1.14 bits per heavy atom. The molecule has 1 saturated heterocycles. The lowest BCUT2D eigenvalue weighted by Gasteiger charge is -2.40. The van der Waals surface area contributed by atoms with Crippen molar-refractivity contribution in [3.05, 3.63) is 0 Å². The minimum absolute atomic E-state index is 0.0918. The lowest BCUT2D eigenvalue weighted by Crippen LogP contribution is -2.45. The third-order valence-corrected chi connectivity index (χ3v) is 6.10. The van der Waals surface area contributed by atoms with Crippen molar-refractivity contribution in [3.8, 4) is 6.07 Å². The largest absolute Gasteiger partial charge is 0.372 e. The summed E-state index contributed by atoms with van der Waals surface area (Å²) in [6, 6.07) is 2.40. The van der Waals surface area contributed by atoms with E-state index in [0.29, 0.717) is 6.42 Å². The number of hydrogen-bond donors (Lipinski definition) is 0. The number of nitriles is 1. The summed E-state index contributed by atoms with van der Waals surface area (Å²) in [5.41, 5.74) is -1.05. The predicted molar refractivity (Wildman–Crippen MR) is 80.6 cm³/mol.